The van der Waals surface area contributed by atoms with Gasteiger partial charge in [0.05, 0.1) is 29.7 Å². The van der Waals surface area contributed by atoms with Crippen molar-refractivity contribution in [3.05, 3.63) is 35.1 Å². The largest absolute Gasteiger partial charge is 0.506 e. The fourth-order valence-corrected chi connectivity index (χ4v) is 7.43. The quantitative estimate of drug-likeness (QED) is 0.292. The molecule has 2 aromatic rings. The van der Waals surface area contributed by atoms with Crippen molar-refractivity contribution in [1.82, 2.24) is 10.2 Å². The van der Waals surface area contributed by atoms with Crippen molar-refractivity contribution in [2.24, 2.45) is 29.4 Å². The molecule has 6 N–H and O–H groups in total. The van der Waals surface area contributed by atoms with Gasteiger partial charge in [-0.1, -0.05) is 0 Å². The molecule has 12 heteroatoms. The van der Waals surface area contributed by atoms with Gasteiger partial charge in [-0.2, -0.15) is 0 Å². The molecule has 238 valence electrons. The van der Waals surface area contributed by atoms with Gasteiger partial charge in [0, 0.05) is 37.3 Å². The van der Waals surface area contributed by atoms with Crippen LogP contribution in [0.2, 0.25) is 0 Å². The number of nitrogens with two attached hydrogens (primary N) is 1. The van der Waals surface area contributed by atoms with Gasteiger partial charge in [0.2, 0.25) is 5.91 Å². The molecule has 7 atom stereocenters. The Balaban J connectivity index is 1.61. The van der Waals surface area contributed by atoms with Crippen LogP contribution in [0, 0.1) is 23.7 Å². The summed E-state index contributed by atoms with van der Waals surface area (Å²) in [7, 11) is 6.84. The van der Waals surface area contributed by atoms with E-state index in [0.717, 1.165) is 0 Å². The topological polar surface area (TPSA) is 187 Å². The van der Waals surface area contributed by atoms with Crippen LogP contribution in [0.25, 0.3) is 11.3 Å². The third-order valence-electron chi connectivity index (χ3n) is 9.47. The van der Waals surface area contributed by atoms with Gasteiger partial charge >= 0.3 is 0 Å². The number of carbonyl (C=O) groups excluding carboxylic acids is 4. The number of benzene rings is 1. The summed E-state index contributed by atoms with van der Waals surface area (Å²) in [5, 5.41) is 37.8. The molecule has 3 aliphatic carbocycles. The van der Waals surface area contributed by atoms with Gasteiger partial charge in [0.25, 0.3) is 0 Å². The molecule has 3 aliphatic rings. The zero-order valence-electron chi connectivity index (χ0n) is 26.2. The van der Waals surface area contributed by atoms with Gasteiger partial charge in [-0.3, -0.25) is 19.2 Å². The zero-order valence-corrected chi connectivity index (χ0v) is 26.2. The summed E-state index contributed by atoms with van der Waals surface area (Å²) in [6.45, 7) is 6.52. The molecular formula is C32H42N4O8. The zero-order chi connectivity index (χ0) is 32.6. The van der Waals surface area contributed by atoms with E-state index in [2.05, 4.69) is 5.32 Å². The van der Waals surface area contributed by atoms with Crippen LogP contribution in [0.1, 0.15) is 48.9 Å². The number of Topliss-reactive ketones (excluding diaryl/α,β-unsaturated/α-hetero) is 3. The number of nitrogens with zero attached hydrogens (tertiary/aromatic N) is 2. The normalized spacial score (nSPS) is 30.2. The van der Waals surface area contributed by atoms with Crippen LogP contribution in [0.5, 0.6) is 5.75 Å². The van der Waals surface area contributed by atoms with E-state index in [0.29, 0.717) is 29.3 Å². The molecule has 12 nitrogen and oxygen atoms in total. The number of hydrogen-bond donors (Lipinski definition) is 5. The van der Waals surface area contributed by atoms with Gasteiger partial charge < -0.3 is 40.6 Å². The lowest BCUT2D eigenvalue weighted by atomic mass is 9.52. The average molecular weight is 611 g/mol. The van der Waals surface area contributed by atoms with Crippen molar-refractivity contribution >= 4 is 28.9 Å². The number of anilines is 1. The number of aliphatic hydroxyl groups is 2. The molecule has 0 aliphatic heterocycles. The predicted octanol–water partition coefficient (Wildman–Crippen LogP) is 0.873. The minimum Gasteiger partial charge on any atom is -0.506 e. The minimum atomic E-state index is -2.71. The van der Waals surface area contributed by atoms with Gasteiger partial charge in [-0.25, -0.2) is 0 Å². The third-order valence-corrected chi connectivity index (χ3v) is 9.47. The summed E-state index contributed by atoms with van der Waals surface area (Å²) in [6.07, 6.45) is -1.29. The van der Waals surface area contributed by atoms with Gasteiger partial charge in [0.15, 0.2) is 23.0 Å². The molecule has 0 radical (unpaired) electrons. The Morgan fingerprint density at radius 2 is 1.80 bits per heavy atom. The number of nitrogens with one attached hydrogen (secondary N) is 1. The Labute approximate surface area is 256 Å². The number of furan rings is 1. The summed E-state index contributed by atoms with van der Waals surface area (Å²) in [5.41, 5.74) is 3.99. The van der Waals surface area contributed by atoms with E-state index in [1.165, 1.54) is 0 Å². The highest BCUT2D eigenvalue weighted by Gasteiger charge is 2.69. The molecule has 1 aromatic carbocycles. The summed E-state index contributed by atoms with van der Waals surface area (Å²) in [5.74, 6) is -8.48. The Kier molecular flexibility index (Phi) is 7.81. The lowest BCUT2D eigenvalue weighted by Gasteiger charge is -2.55. The number of aromatic hydroxyl groups is 1. The van der Waals surface area contributed by atoms with Crippen LogP contribution in [-0.2, 0) is 27.3 Å². The highest BCUT2D eigenvalue weighted by atomic mass is 16.3. The first-order valence-electron chi connectivity index (χ1n) is 14.8. The van der Waals surface area contributed by atoms with Crippen molar-refractivity contribution < 1.29 is 38.9 Å². The number of hydrogen-bond acceptors (Lipinski definition) is 11. The van der Waals surface area contributed by atoms with Crippen molar-refractivity contribution in [1.29, 1.82) is 0 Å². The molecule has 1 amide bonds. The van der Waals surface area contributed by atoms with E-state index in [4.69, 9.17) is 10.2 Å². The lowest BCUT2D eigenvalue weighted by Crippen LogP contribution is -2.75. The number of phenolic OH excluding ortho intramolecular Hbond substituents is 1. The van der Waals surface area contributed by atoms with Gasteiger partial charge in [-0.05, 0) is 77.4 Å². The molecule has 1 aromatic heterocycles. The Morgan fingerprint density at radius 1 is 1.14 bits per heavy atom. The summed E-state index contributed by atoms with van der Waals surface area (Å²) < 4.78 is 6.04. The Bertz CT molecular complexity index is 1540. The first-order chi connectivity index (χ1) is 20.4. The summed E-state index contributed by atoms with van der Waals surface area (Å²) in [6, 6.07) is 4.27. The number of phenols is 1. The summed E-state index contributed by atoms with van der Waals surface area (Å²) in [4.78, 5) is 57.7. The first-order valence-corrected chi connectivity index (χ1v) is 14.8. The van der Waals surface area contributed by atoms with Gasteiger partial charge in [0.1, 0.15) is 23.2 Å². The molecule has 4 unspecified atom stereocenters. The van der Waals surface area contributed by atoms with Crippen molar-refractivity contribution in [2.75, 3.05) is 33.1 Å². The number of amides is 1. The van der Waals surface area contributed by atoms with Crippen LogP contribution in [0.4, 0.5) is 5.69 Å². The van der Waals surface area contributed by atoms with Crippen molar-refractivity contribution in [2.45, 2.75) is 63.4 Å². The maximum atomic E-state index is 14.3. The van der Waals surface area contributed by atoms with E-state index in [9.17, 15) is 34.5 Å². The number of aliphatic hydroxyl groups excluding tert-OH is 1. The second-order valence-corrected chi connectivity index (χ2v) is 13.9. The molecule has 0 bridgehead atoms. The molecule has 44 heavy (non-hydrogen) atoms. The molecule has 2 saturated carbocycles. The van der Waals surface area contributed by atoms with E-state index in [1.807, 2.05) is 25.7 Å². The standard InChI is InChI=1S/C32H42N4O8/c1-31(2,3)34-13-15-8-9-20(44-15)17-12-19(35(4)5)16-10-14-11-18-24(36(6)7)27(39)23(30(33)42)29(41)32(18,43)28(40)21(14)26(38)22(16)25(17)37/h8-9,12,14,18,21,23-24,27,34,37,39,43H,10-11,13H2,1-7H3,(H2,33,42)/t14-,18-,21?,23?,24?,27?,32-/m1/s1. The highest BCUT2D eigenvalue weighted by Crippen LogP contribution is 2.53. The molecule has 5 rings (SSSR count). The Morgan fingerprint density at radius 3 is 2.36 bits per heavy atom. The average Bonchev–Trinajstić information content (AvgIpc) is 3.37. The second-order valence-electron chi connectivity index (χ2n) is 13.9. The lowest BCUT2D eigenvalue weighted by molar-refractivity contribution is -0.190. The van der Waals surface area contributed by atoms with Crippen LogP contribution in [-0.4, -0.2) is 95.0 Å². The number of rotatable bonds is 6. The van der Waals surface area contributed by atoms with Crippen LogP contribution in [0.15, 0.2) is 22.6 Å². The number of fused-ring (bicyclic) bond motifs is 3. The molecular weight excluding hydrogens is 568 g/mol. The van der Waals surface area contributed by atoms with Gasteiger partial charge in [-0.15, -0.1) is 0 Å². The maximum absolute atomic E-state index is 14.3. The van der Waals surface area contributed by atoms with E-state index in [1.54, 1.807) is 51.3 Å². The highest BCUT2D eigenvalue weighted by molar-refractivity contribution is 6.26. The van der Waals surface area contributed by atoms with E-state index >= 15 is 0 Å². The van der Waals surface area contributed by atoms with E-state index in [-0.39, 0.29) is 35.3 Å². The smallest absolute Gasteiger partial charge is 0.230 e. The number of ketones is 3. The molecule has 0 saturated heterocycles. The van der Waals surface area contributed by atoms with Crippen LogP contribution in [0.3, 0.4) is 0 Å². The molecule has 2 fully saturated rings. The first kappa shape index (κ1) is 31.8. The van der Waals surface area contributed by atoms with Crippen molar-refractivity contribution in [3.8, 4) is 17.1 Å². The second kappa shape index (κ2) is 10.8. The van der Waals surface area contributed by atoms with Crippen LogP contribution >= 0.6 is 0 Å². The monoisotopic (exact) mass is 610 g/mol. The number of primary amides is 1. The fourth-order valence-electron chi connectivity index (χ4n) is 7.43. The minimum absolute atomic E-state index is 0.0485. The summed E-state index contributed by atoms with van der Waals surface area (Å²) >= 11 is 0. The van der Waals surface area contributed by atoms with Crippen LogP contribution < -0.4 is 16.0 Å². The SMILES string of the molecule is CN(C)c1cc(-c2ccc(CNC(C)(C)C)o2)c(O)c2c1C[C@@H]1C[C@@H]3C(N(C)C)C(O)C(C(N)=O)C(=O)[C@]3(O)C(=O)C1C2=O. The number of likely N-dealkylation sites (N-methyl/N-ethyl adjacent to an activating group) is 1. The predicted molar refractivity (Wildman–Crippen MR) is 161 cm³/mol. The molecule has 0 spiro atoms. The number of carbonyl (C=O) groups is 4. The van der Waals surface area contributed by atoms with E-state index < -0.39 is 64.7 Å². The fraction of sp³-hybridized carbons (Fsp3) is 0.562. The third kappa shape index (κ3) is 4.84. The maximum Gasteiger partial charge on any atom is 0.230 e. The van der Waals surface area contributed by atoms with Crippen molar-refractivity contribution in [3.63, 3.8) is 0 Å². The Hall–Kier alpha value is -3.58. The molecule has 1 heterocycles.